The number of aliphatic hydroxyl groups is 3. The number of hydrogen-bond acceptors (Lipinski definition) is 6. The maximum atomic E-state index is 11.6. The summed E-state index contributed by atoms with van der Waals surface area (Å²) < 4.78 is 6.17. The number of H-pyrrole nitrogens is 1. The van der Waals surface area contributed by atoms with Crippen molar-refractivity contribution in [3.63, 3.8) is 0 Å². The van der Waals surface area contributed by atoms with E-state index in [1.54, 1.807) is 0 Å². The van der Waals surface area contributed by atoms with Crippen molar-refractivity contribution in [1.82, 2.24) is 9.55 Å². The Bertz CT molecular complexity index is 550. The first-order chi connectivity index (χ1) is 8.45. The average Bonchev–Trinajstić information content (AvgIpc) is 2.61. The van der Waals surface area contributed by atoms with Crippen molar-refractivity contribution in [2.24, 2.45) is 0 Å². The van der Waals surface area contributed by atoms with Gasteiger partial charge in [0.05, 0.1) is 6.61 Å². The Morgan fingerprint density at radius 2 is 2.06 bits per heavy atom. The third-order valence-corrected chi connectivity index (χ3v) is 2.94. The number of hydrogen-bond donors (Lipinski definition) is 4. The van der Waals surface area contributed by atoms with Gasteiger partial charge in [0, 0.05) is 11.8 Å². The number of aliphatic hydroxyl groups excluding tert-OH is 3. The monoisotopic (exact) mass is 258 g/mol. The van der Waals surface area contributed by atoms with E-state index in [1.807, 2.05) is 0 Å². The highest BCUT2D eigenvalue weighted by atomic mass is 16.6. The molecule has 1 aromatic rings. The van der Waals surface area contributed by atoms with Crippen LogP contribution in [0.25, 0.3) is 0 Å². The molecular weight excluding hydrogens is 244 g/mol. The largest absolute Gasteiger partial charge is 0.394 e. The van der Waals surface area contributed by atoms with Crippen LogP contribution in [0.3, 0.4) is 0 Å². The van der Waals surface area contributed by atoms with E-state index < -0.39 is 42.4 Å². The zero-order chi connectivity index (χ0) is 13.4. The van der Waals surface area contributed by atoms with Crippen molar-refractivity contribution in [3.8, 4) is 0 Å². The Kier molecular flexibility index (Phi) is 3.35. The van der Waals surface area contributed by atoms with Crippen LogP contribution in [0.2, 0.25) is 0 Å². The third-order valence-electron chi connectivity index (χ3n) is 2.94. The average molecular weight is 258 g/mol. The van der Waals surface area contributed by atoms with Gasteiger partial charge in [-0.25, -0.2) is 4.79 Å². The van der Waals surface area contributed by atoms with Gasteiger partial charge in [0.15, 0.2) is 6.23 Å². The number of aromatic amines is 1. The van der Waals surface area contributed by atoms with Crippen LogP contribution >= 0.6 is 0 Å². The summed E-state index contributed by atoms with van der Waals surface area (Å²) in [6, 6.07) is 0. The lowest BCUT2D eigenvalue weighted by Gasteiger charge is -2.17. The van der Waals surface area contributed by atoms with E-state index in [0.29, 0.717) is 0 Å². The minimum atomic E-state index is -1.36. The van der Waals surface area contributed by atoms with Crippen LogP contribution in [0.5, 0.6) is 0 Å². The van der Waals surface area contributed by atoms with Crippen LogP contribution in [-0.2, 0) is 4.74 Å². The summed E-state index contributed by atoms with van der Waals surface area (Å²) in [6.07, 6.45) is -3.52. The van der Waals surface area contributed by atoms with Crippen molar-refractivity contribution in [2.45, 2.75) is 31.5 Å². The fourth-order valence-electron chi connectivity index (χ4n) is 1.88. The van der Waals surface area contributed by atoms with E-state index in [0.717, 1.165) is 4.57 Å². The fraction of sp³-hybridized carbons (Fsp3) is 0.600. The van der Waals surface area contributed by atoms with Gasteiger partial charge in [-0.3, -0.25) is 14.3 Å². The van der Waals surface area contributed by atoms with Crippen LogP contribution in [0, 0.1) is 6.92 Å². The maximum Gasteiger partial charge on any atom is 0.330 e. The maximum absolute atomic E-state index is 11.6. The summed E-state index contributed by atoms with van der Waals surface area (Å²) in [7, 11) is 0. The number of nitrogens with zero attached hydrogens (tertiary/aromatic N) is 1. The SMILES string of the molecule is Cc1cn([C@H]2O[C@@H](CO)[C@H](O)[C@H]2O)c(=O)[nH]c1=O. The molecular formula is C10H14N2O6. The Hall–Kier alpha value is -1.48. The molecule has 1 aliphatic heterocycles. The molecule has 0 radical (unpaired) electrons. The smallest absolute Gasteiger partial charge is 0.330 e. The number of aromatic nitrogens is 2. The Labute approximate surface area is 101 Å². The Morgan fingerprint density at radius 1 is 1.39 bits per heavy atom. The minimum absolute atomic E-state index is 0.271. The van der Waals surface area contributed by atoms with E-state index in [2.05, 4.69) is 4.98 Å². The van der Waals surface area contributed by atoms with Crippen LogP contribution in [-0.4, -0.2) is 49.8 Å². The van der Waals surface area contributed by atoms with Crippen molar-refractivity contribution in [3.05, 3.63) is 32.6 Å². The molecule has 1 aromatic heterocycles. The molecule has 18 heavy (non-hydrogen) atoms. The highest BCUT2D eigenvalue weighted by Gasteiger charge is 2.43. The summed E-state index contributed by atoms with van der Waals surface area (Å²) in [5.41, 5.74) is -1.00. The minimum Gasteiger partial charge on any atom is -0.394 e. The van der Waals surface area contributed by atoms with Gasteiger partial charge in [-0.2, -0.15) is 0 Å². The van der Waals surface area contributed by atoms with E-state index in [1.165, 1.54) is 13.1 Å². The molecule has 2 heterocycles. The van der Waals surface area contributed by atoms with Gasteiger partial charge in [0.2, 0.25) is 0 Å². The molecule has 0 aromatic carbocycles. The standard InChI is InChI=1S/C10H14N2O6/c1-4-2-12(10(17)11-8(4)16)9-7(15)6(14)5(3-13)18-9/h2,5-7,9,13-15H,3H2,1H3,(H,11,16,17)/t5-,6-,7+,9-/m0/s1. The summed E-state index contributed by atoms with van der Waals surface area (Å²) in [5.74, 6) is 0. The molecule has 8 nitrogen and oxygen atoms in total. The van der Waals surface area contributed by atoms with Crippen LogP contribution in [0.4, 0.5) is 0 Å². The normalized spacial score (nSPS) is 31.8. The first kappa shape index (κ1) is 13.0. The number of ether oxygens (including phenoxy) is 1. The number of aryl methyl sites for hydroxylation is 1. The summed E-state index contributed by atoms with van der Waals surface area (Å²) in [6.45, 7) is 1.02. The Balaban J connectivity index is 2.42. The molecule has 0 spiro atoms. The highest BCUT2D eigenvalue weighted by Crippen LogP contribution is 2.27. The third kappa shape index (κ3) is 1.99. The first-order valence-corrected chi connectivity index (χ1v) is 5.40. The summed E-state index contributed by atoms with van der Waals surface area (Å²) >= 11 is 0. The van der Waals surface area contributed by atoms with Gasteiger partial charge in [-0.05, 0) is 6.92 Å². The molecule has 8 heteroatoms. The molecule has 100 valence electrons. The van der Waals surface area contributed by atoms with E-state index in [9.17, 15) is 19.8 Å². The van der Waals surface area contributed by atoms with Crippen LogP contribution < -0.4 is 11.2 Å². The molecule has 1 fully saturated rings. The molecule has 4 atom stereocenters. The molecule has 0 aliphatic carbocycles. The number of rotatable bonds is 2. The molecule has 0 amide bonds. The summed E-state index contributed by atoms with van der Waals surface area (Å²) in [5, 5.41) is 28.3. The molecule has 1 saturated heterocycles. The second-order valence-corrected chi connectivity index (χ2v) is 4.21. The van der Waals surface area contributed by atoms with E-state index in [4.69, 9.17) is 9.84 Å². The first-order valence-electron chi connectivity index (χ1n) is 5.40. The van der Waals surface area contributed by atoms with Crippen molar-refractivity contribution in [2.75, 3.05) is 6.61 Å². The van der Waals surface area contributed by atoms with Crippen molar-refractivity contribution in [1.29, 1.82) is 0 Å². The highest BCUT2D eigenvalue weighted by molar-refractivity contribution is 5.03. The Morgan fingerprint density at radius 3 is 2.61 bits per heavy atom. The second-order valence-electron chi connectivity index (χ2n) is 4.21. The van der Waals surface area contributed by atoms with Crippen molar-refractivity contribution >= 4 is 0 Å². The molecule has 0 unspecified atom stereocenters. The zero-order valence-electron chi connectivity index (χ0n) is 9.61. The van der Waals surface area contributed by atoms with E-state index in [-0.39, 0.29) is 5.56 Å². The van der Waals surface area contributed by atoms with E-state index >= 15 is 0 Å². The quantitative estimate of drug-likeness (QED) is 0.463. The molecule has 4 N–H and O–H groups in total. The van der Waals surface area contributed by atoms with Crippen molar-refractivity contribution < 1.29 is 20.1 Å². The predicted octanol–water partition coefficient (Wildman–Crippen LogP) is -2.54. The second kappa shape index (κ2) is 4.65. The lowest BCUT2D eigenvalue weighted by molar-refractivity contribution is -0.0551. The zero-order valence-corrected chi connectivity index (χ0v) is 9.61. The van der Waals surface area contributed by atoms with Gasteiger partial charge < -0.3 is 20.1 Å². The van der Waals surface area contributed by atoms with Gasteiger partial charge in [-0.1, -0.05) is 0 Å². The fourth-order valence-corrected chi connectivity index (χ4v) is 1.88. The van der Waals surface area contributed by atoms with Gasteiger partial charge >= 0.3 is 5.69 Å². The summed E-state index contributed by atoms with van der Waals surface area (Å²) in [4.78, 5) is 24.9. The molecule has 0 saturated carbocycles. The van der Waals surface area contributed by atoms with Gasteiger partial charge in [0.25, 0.3) is 5.56 Å². The van der Waals surface area contributed by atoms with Crippen LogP contribution in [0.1, 0.15) is 11.8 Å². The van der Waals surface area contributed by atoms with Gasteiger partial charge in [0.1, 0.15) is 18.3 Å². The van der Waals surface area contributed by atoms with Gasteiger partial charge in [-0.15, -0.1) is 0 Å². The molecule has 2 rings (SSSR count). The topological polar surface area (TPSA) is 125 Å². The predicted molar refractivity (Wildman–Crippen MR) is 59.1 cm³/mol. The number of nitrogens with one attached hydrogen (secondary N) is 1. The lowest BCUT2D eigenvalue weighted by atomic mass is 10.1. The van der Waals surface area contributed by atoms with Crippen LogP contribution in [0.15, 0.2) is 15.8 Å². The molecule has 0 bridgehead atoms. The lowest BCUT2D eigenvalue weighted by Crippen LogP contribution is -2.38. The molecule has 1 aliphatic rings.